The van der Waals surface area contributed by atoms with Gasteiger partial charge in [0.25, 0.3) is 10.0 Å². The summed E-state index contributed by atoms with van der Waals surface area (Å²) in [6, 6.07) is 18.7. The van der Waals surface area contributed by atoms with Gasteiger partial charge in [0.1, 0.15) is 18.3 Å². The first-order chi connectivity index (χ1) is 19.7. The lowest BCUT2D eigenvalue weighted by atomic mass is 10.1. The summed E-state index contributed by atoms with van der Waals surface area (Å²) in [4.78, 5) is 28.4. The monoisotopic (exact) mass is 583 g/mol. The van der Waals surface area contributed by atoms with Crippen molar-refractivity contribution >= 4 is 27.5 Å². The number of rotatable bonds is 14. The van der Waals surface area contributed by atoms with Gasteiger partial charge in [-0.15, -0.1) is 0 Å². The number of hydrogen-bond donors (Lipinski definition) is 1. The molecule has 3 aromatic carbocycles. The van der Waals surface area contributed by atoms with E-state index in [1.54, 1.807) is 68.6 Å². The highest BCUT2D eigenvalue weighted by molar-refractivity contribution is 7.92. The van der Waals surface area contributed by atoms with Crippen LogP contribution in [0.4, 0.5) is 5.69 Å². The molecule has 0 saturated carbocycles. The molecule has 1 N–H and O–H groups in total. The standard InChI is InChI=1S/C30H37N3O7S/c1-6-18-31-30(35)22(2)32(20-23-12-15-25(38-3)16-13-23)29(34)21-33(41(36,37)26-10-8-7-9-11-26)24-14-17-27(39-4)28(19-24)40-5/h7-17,19,22H,6,18,20-21H2,1-5H3,(H,31,35). The zero-order valence-corrected chi connectivity index (χ0v) is 24.8. The van der Waals surface area contributed by atoms with Gasteiger partial charge in [-0.1, -0.05) is 37.3 Å². The maximum Gasteiger partial charge on any atom is 0.264 e. The zero-order chi connectivity index (χ0) is 30.0. The topological polar surface area (TPSA) is 114 Å². The molecule has 1 atom stereocenters. The average molecular weight is 584 g/mol. The Hall–Kier alpha value is -4.25. The molecule has 0 spiro atoms. The molecular formula is C30H37N3O7S. The Morgan fingerprint density at radius 1 is 0.878 bits per heavy atom. The van der Waals surface area contributed by atoms with E-state index in [9.17, 15) is 18.0 Å². The van der Waals surface area contributed by atoms with Crippen LogP contribution in [0.5, 0.6) is 17.2 Å². The molecule has 0 aliphatic heterocycles. The minimum atomic E-state index is -4.20. The number of sulfonamides is 1. The smallest absolute Gasteiger partial charge is 0.264 e. The van der Waals surface area contributed by atoms with Gasteiger partial charge in [0.15, 0.2) is 11.5 Å². The minimum absolute atomic E-state index is 0.0121. The number of hydrogen-bond acceptors (Lipinski definition) is 7. The summed E-state index contributed by atoms with van der Waals surface area (Å²) in [7, 11) is 0.274. The maximum absolute atomic E-state index is 14.0. The molecule has 1 unspecified atom stereocenters. The van der Waals surface area contributed by atoms with Crippen molar-refractivity contribution in [3.05, 3.63) is 78.4 Å². The van der Waals surface area contributed by atoms with Crippen LogP contribution in [0.2, 0.25) is 0 Å². The number of benzene rings is 3. The molecule has 0 radical (unpaired) electrons. The van der Waals surface area contributed by atoms with Crippen LogP contribution in [0.15, 0.2) is 77.7 Å². The van der Waals surface area contributed by atoms with Crippen LogP contribution in [0.1, 0.15) is 25.8 Å². The third-order valence-electron chi connectivity index (χ3n) is 6.49. The van der Waals surface area contributed by atoms with Crippen molar-refractivity contribution in [1.82, 2.24) is 10.2 Å². The Morgan fingerprint density at radius 2 is 1.54 bits per heavy atom. The summed E-state index contributed by atoms with van der Waals surface area (Å²) in [5.41, 5.74) is 0.949. The molecule has 0 fully saturated rings. The van der Waals surface area contributed by atoms with Gasteiger partial charge in [-0.3, -0.25) is 13.9 Å². The Bertz CT molecular complexity index is 1410. The third-order valence-corrected chi connectivity index (χ3v) is 8.28. The predicted octanol–water partition coefficient (Wildman–Crippen LogP) is 3.85. The Kier molecular flexibility index (Phi) is 11.0. The molecule has 3 rings (SSSR count). The molecule has 0 heterocycles. The van der Waals surface area contributed by atoms with Crippen LogP contribution in [0.25, 0.3) is 0 Å². The lowest BCUT2D eigenvalue weighted by Gasteiger charge is -2.32. The molecule has 3 aromatic rings. The number of methoxy groups -OCH3 is 3. The van der Waals surface area contributed by atoms with Gasteiger partial charge in [0.2, 0.25) is 11.8 Å². The Morgan fingerprint density at radius 3 is 2.12 bits per heavy atom. The number of nitrogens with one attached hydrogen (secondary N) is 1. The van der Waals surface area contributed by atoms with E-state index in [-0.39, 0.29) is 23.0 Å². The van der Waals surface area contributed by atoms with Gasteiger partial charge in [0.05, 0.1) is 31.9 Å². The van der Waals surface area contributed by atoms with E-state index in [1.165, 1.54) is 37.3 Å². The highest BCUT2D eigenvalue weighted by atomic mass is 32.2. The van der Waals surface area contributed by atoms with Gasteiger partial charge >= 0.3 is 0 Å². The normalized spacial score (nSPS) is 11.7. The first-order valence-electron chi connectivity index (χ1n) is 13.2. The van der Waals surface area contributed by atoms with Gasteiger partial charge in [-0.05, 0) is 55.3 Å². The van der Waals surface area contributed by atoms with Crippen LogP contribution in [-0.4, -0.2) is 65.6 Å². The summed E-state index contributed by atoms with van der Waals surface area (Å²) in [6.45, 7) is 3.52. The van der Waals surface area contributed by atoms with Gasteiger partial charge in [0, 0.05) is 19.2 Å². The molecular weight excluding hydrogens is 546 g/mol. The number of carbonyl (C=O) groups is 2. The molecule has 0 saturated heterocycles. The fourth-order valence-corrected chi connectivity index (χ4v) is 5.56. The number of ether oxygens (including phenoxy) is 3. The highest BCUT2D eigenvalue weighted by Gasteiger charge is 2.33. The lowest BCUT2D eigenvalue weighted by Crippen LogP contribution is -2.51. The molecule has 41 heavy (non-hydrogen) atoms. The second kappa shape index (κ2) is 14.4. The molecule has 0 aliphatic carbocycles. The zero-order valence-electron chi connectivity index (χ0n) is 24.0. The van der Waals surface area contributed by atoms with E-state index in [4.69, 9.17) is 14.2 Å². The van der Waals surface area contributed by atoms with Crippen molar-refractivity contribution in [1.29, 1.82) is 0 Å². The molecule has 220 valence electrons. The fourth-order valence-electron chi connectivity index (χ4n) is 4.13. The van der Waals surface area contributed by atoms with Crippen molar-refractivity contribution in [2.75, 3.05) is 38.7 Å². The van der Waals surface area contributed by atoms with E-state index in [2.05, 4.69) is 5.32 Å². The summed E-state index contributed by atoms with van der Waals surface area (Å²) in [6.07, 6.45) is 0.729. The van der Waals surface area contributed by atoms with Crippen LogP contribution in [0, 0.1) is 0 Å². The van der Waals surface area contributed by atoms with E-state index >= 15 is 0 Å². The van der Waals surface area contributed by atoms with E-state index in [1.807, 2.05) is 6.92 Å². The molecule has 11 heteroatoms. The van der Waals surface area contributed by atoms with Crippen LogP contribution < -0.4 is 23.8 Å². The molecule has 0 bridgehead atoms. The highest BCUT2D eigenvalue weighted by Crippen LogP contribution is 2.34. The molecule has 2 amide bonds. The summed E-state index contributed by atoms with van der Waals surface area (Å²) < 4.78 is 44.8. The van der Waals surface area contributed by atoms with Crippen molar-refractivity contribution in [2.45, 2.75) is 37.8 Å². The summed E-state index contributed by atoms with van der Waals surface area (Å²) >= 11 is 0. The summed E-state index contributed by atoms with van der Waals surface area (Å²) in [5.74, 6) is 0.454. The number of nitrogens with zero attached hydrogens (tertiary/aromatic N) is 2. The Balaban J connectivity index is 2.05. The van der Waals surface area contributed by atoms with Crippen molar-refractivity contribution in [3.8, 4) is 17.2 Å². The van der Waals surface area contributed by atoms with Crippen LogP contribution in [-0.2, 0) is 26.2 Å². The second-order valence-electron chi connectivity index (χ2n) is 9.20. The van der Waals surface area contributed by atoms with E-state index in [0.717, 1.165) is 16.3 Å². The number of anilines is 1. The fraction of sp³-hybridized carbons (Fsp3) is 0.333. The second-order valence-corrected chi connectivity index (χ2v) is 11.1. The van der Waals surface area contributed by atoms with Crippen molar-refractivity contribution in [3.63, 3.8) is 0 Å². The SMILES string of the molecule is CCCNC(=O)C(C)N(Cc1ccc(OC)cc1)C(=O)CN(c1ccc(OC)c(OC)c1)S(=O)(=O)c1ccccc1. The molecule has 0 aliphatic rings. The molecule has 10 nitrogen and oxygen atoms in total. The van der Waals surface area contributed by atoms with E-state index in [0.29, 0.717) is 23.8 Å². The lowest BCUT2D eigenvalue weighted by molar-refractivity contribution is -0.139. The van der Waals surface area contributed by atoms with E-state index < -0.39 is 28.5 Å². The predicted molar refractivity (Wildman–Crippen MR) is 157 cm³/mol. The maximum atomic E-state index is 14.0. The minimum Gasteiger partial charge on any atom is -0.497 e. The first kappa shape index (κ1) is 31.3. The van der Waals surface area contributed by atoms with Gasteiger partial charge in [-0.2, -0.15) is 0 Å². The first-order valence-corrected chi connectivity index (χ1v) is 14.6. The third kappa shape index (κ3) is 7.69. The largest absolute Gasteiger partial charge is 0.497 e. The number of carbonyl (C=O) groups excluding carboxylic acids is 2. The Labute approximate surface area is 241 Å². The molecule has 0 aromatic heterocycles. The quantitative estimate of drug-likeness (QED) is 0.307. The number of amides is 2. The van der Waals surface area contributed by atoms with Gasteiger partial charge < -0.3 is 24.4 Å². The van der Waals surface area contributed by atoms with Crippen LogP contribution in [0.3, 0.4) is 0 Å². The van der Waals surface area contributed by atoms with Crippen LogP contribution >= 0.6 is 0 Å². The summed E-state index contributed by atoms with van der Waals surface area (Å²) in [5, 5.41) is 2.83. The average Bonchev–Trinajstić information content (AvgIpc) is 3.01. The van der Waals surface area contributed by atoms with Gasteiger partial charge in [-0.25, -0.2) is 8.42 Å². The van der Waals surface area contributed by atoms with Crippen molar-refractivity contribution in [2.24, 2.45) is 0 Å². The van der Waals surface area contributed by atoms with Crippen molar-refractivity contribution < 1.29 is 32.2 Å².